The van der Waals surface area contributed by atoms with Gasteiger partial charge in [-0.05, 0) is 34.5 Å². The number of nitriles is 1. The van der Waals surface area contributed by atoms with Crippen molar-refractivity contribution in [1.82, 2.24) is 0 Å². The second-order valence-corrected chi connectivity index (χ2v) is 4.84. The SMILES string of the molecule is CN(Cc1ccsc1)c1ccc(C#N)c([N+](=O)[O-])c1. The molecule has 2 aromatic rings. The zero-order valence-corrected chi connectivity index (χ0v) is 11.1. The molecule has 1 aromatic heterocycles. The lowest BCUT2D eigenvalue weighted by atomic mass is 10.1. The van der Waals surface area contributed by atoms with E-state index < -0.39 is 4.92 Å². The first-order valence-corrected chi connectivity index (χ1v) is 6.47. The fraction of sp³-hybridized carbons (Fsp3) is 0.154. The maximum atomic E-state index is 10.9. The van der Waals surface area contributed by atoms with Crippen LogP contribution in [-0.4, -0.2) is 12.0 Å². The van der Waals surface area contributed by atoms with E-state index in [-0.39, 0.29) is 11.3 Å². The van der Waals surface area contributed by atoms with Crippen molar-refractivity contribution in [2.45, 2.75) is 6.54 Å². The summed E-state index contributed by atoms with van der Waals surface area (Å²) in [6, 6.07) is 8.48. The highest BCUT2D eigenvalue weighted by Gasteiger charge is 2.15. The summed E-state index contributed by atoms with van der Waals surface area (Å²) in [5, 5.41) is 23.8. The minimum atomic E-state index is -0.527. The fourth-order valence-electron chi connectivity index (χ4n) is 1.75. The Kier molecular flexibility index (Phi) is 3.78. The van der Waals surface area contributed by atoms with E-state index in [1.807, 2.05) is 34.8 Å². The van der Waals surface area contributed by atoms with Gasteiger partial charge in [-0.2, -0.15) is 16.6 Å². The van der Waals surface area contributed by atoms with E-state index in [9.17, 15) is 10.1 Å². The van der Waals surface area contributed by atoms with Crippen molar-refractivity contribution in [2.24, 2.45) is 0 Å². The molecular formula is C13H11N3O2S. The Hall–Kier alpha value is -2.39. The molecule has 19 heavy (non-hydrogen) atoms. The molecule has 0 unspecified atom stereocenters. The summed E-state index contributed by atoms with van der Waals surface area (Å²) in [5.74, 6) is 0. The molecule has 0 atom stereocenters. The Morgan fingerprint density at radius 1 is 1.47 bits per heavy atom. The average Bonchev–Trinajstić information content (AvgIpc) is 2.90. The van der Waals surface area contributed by atoms with E-state index >= 15 is 0 Å². The molecule has 0 fully saturated rings. The van der Waals surface area contributed by atoms with Crippen molar-refractivity contribution < 1.29 is 4.92 Å². The number of nitrogens with zero attached hydrogens (tertiary/aromatic N) is 3. The summed E-state index contributed by atoms with van der Waals surface area (Å²) >= 11 is 1.61. The van der Waals surface area contributed by atoms with E-state index in [1.165, 1.54) is 12.1 Å². The van der Waals surface area contributed by atoms with Gasteiger partial charge in [0, 0.05) is 25.3 Å². The van der Waals surface area contributed by atoms with Crippen molar-refractivity contribution in [2.75, 3.05) is 11.9 Å². The number of nitro benzene ring substituents is 1. The highest BCUT2D eigenvalue weighted by Crippen LogP contribution is 2.25. The van der Waals surface area contributed by atoms with Gasteiger partial charge in [0.25, 0.3) is 5.69 Å². The van der Waals surface area contributed by atoms with E-state index in [1.54, 1.807) is 17.4 Å². The van der Waals surface area contributed by atoms with Gasteiger partial charge in [0.1, 0.15) is 11.6 Å². The van der Waals surface area contributed by atoms with Crippen molar-refractivity contribution in [3.63, 3.8) is 0 Å². The predicted molar refractivity (Wildman–Crippen MR) is 74.2 cm³/mol. The summed E-state index contributed by atoms with van der Waals surface area (Å²) in [4.78, 5) is 12.3. The Morgan fingerprint density at radius 3 is 2.84 bits per heavy atom. The summed E-state index contributed by atoms with van der Waals surface area (Å²) < 4.78 is 0. The molecule has 5 nitrogen and oxygen atoms in total. The molecule has 0 radical (unpaired) electrons. The van der Waals surface area contributed by atoms with Gasteiger partial charge < -0.3 is 4.90 Å². The predicted octanol–water partition coefficient (Wildman–Crippen LogP) is 3.16. The zero-order valence-electron chi connectivity index (χ0n) is 10.2. The number of thiophene rings is 1. The van der Waals surface area contributed by atoms with Gasteiger partial charge in [-0.1, -0.05) is 0 Å². The van der Waals surface area contributed by atoms with Gasteiger partial charge in [-0.25, -0.2) is 0 Å². The zero-order chi connectivity index (χ0) is 13.8. The molecule has 0 spiro atoms. The molecule has 0 bridgehead atoms. The minimum Gasteiger partial charge on any atom is -0.370 e. The molecule has 0 aliphatic heterocycles. The Balaban J connectivity index is 2.28. The van der Waals surface area contributed by atoms with E-state index in [0.29, 0.717) is 6.54 Å². The molecule has 0 aliphatic rings. The third-order valence-electron chi connectivity index (χ3n) is 2.74. The molecule has 0 amide bonds. The van der Waals surface area contributed by atoms with Crippen LogP contribution < -0.4 is 4.90 Å². The third kappa shape index (κ3) is 2.89. The van der Waals surface area contributed by atoms with Crippen LogP contribution in [0.2, 0.25) is 0 Å². The van der Waals surface area contributed by atoms with Crippen LogP contribution in [0.15, 0.2) is 35.0 Å². The summed E-state index contributed by atoms with van der Waals surface area (Å²) in [6.07, 6.45) is 0. The number of anilines is 1. The third-order valence-corrected chi connectivity index (χ3v) is 3.47. The first-order valence-electron chi connectivity index (χ1n) is 5.52. The number of hydrogen-bond acceptors (Lipinski definition) is 5. The van der Waals surface area contributed by atoms with Gasteiger partial charge in [0.2, 0.25) is 0 Å². The van der Waals surface area contributed by atoms with Crippen LogP contribution in [-0.2, 0) is 6.54 Å². The van der Waals surface area contributed by atoms with Crippen molar-refractivity contribution in [3.05, 3.63) is 56.3 Å². The normalized spacial score (nSPS) is 9.89. The van der Waals surface area contributed by atoms with Gasteiger partial charge in [0.15, 0.2) is 0 Å². The van der Waals surface area contributed by atoms with Gasteiger partial charge in [-0.3, -0.25) is 10.1 Å². The molecule has 6 heteroatoms. The van der Waals surface area contributed by atoms with Gasteiger partial charge >= 0.3 is 0 Å². The van der Waals surface area contributed by atoms with Crippen molar-refractivity contribution >= 4 is 22.7 Å². The highest BCUT2D eigenvalue weighted by atomic mass is 32.1. The second-order valence-electron chi connectivity index (χ2n) is 4.06. The van der Waals surface area contributed by atoms with Crippen molar-refractivity contribution in [1.29, 1.82) is 5.26 Å². The topological polar surface area (TPSA) is 70.2 Å². The largest absolute Gasteiger partial charge is 0.370 e. The monoisotopic (exact) mass is 273 g/mol. The molecule has 1 aromatic carbocycles. The molecule has 0 saturated carbocycles. The van der Waals surface area contributed by atoms with Crippen LogP contribution >= 0.6 is 11.3 Å². The smallest absolute Gasteiger partial charge is 0.289 e. The lowest BCUT2D eigenvalue weighted by Gasteiger charge is -2.18. The molecular weight excluding hydrogens is 262 g/mol. The molecule has 2 rings (SSSR count). The first kappa shape index (κ1) is 13.1. The molecule has 1 heterocycles. The lowest BCUT2D eigenvalue weighted by Crippen LogP contribution is -2.16. The first-order chi connectivity index (χ1) is 9.11. The summed E-state index contributed by atoms with van der Waals surface area (Å²) in [6.45, 7) is 0.673. The molecule has 0 saturated heterocycles. The lowest BCUT2D eigenvalue weighted by molar-refractivity contribution is -0.385. The van der Waals surface area contributed by atoms with Gasteiger partial charge in [-0.15, -0.1) is 0 Å². The second kappa shape index (κ2) is 5.50. The van der Waals surface area contributed by atoms with Crippen LogP contribution in [0.1, 0.15) is 11.1 Å². The van der Waals surface area contributed by atoms with Crippen LogP contribution in [0.4, 0.5) is 11.4 Å². The quantitative estimate of drug-likeness (QED) is 0.633. The maximum absolute atomic E-state index is 10.9. The van der Waals surface area contributed by atoms with E-state index in [4.69, 9.17) is 5.26 Å². The summed E-state index contributed by atoms with van der Waals surface area (Å²) in [5.41, 5.74) is 1.80. The van der Waals surface area contributed by atoms with Crippen LogP contribution in [0.5, 0.6) is 0 Å². The molecule has 0 N–H and O–H groups in total. The van der Waals surface area contributed by atoms with Crippen LogP contribution in [0, 0.1) is 21.4 Å². The number of benzene rings is 1. The summed E-state index contributed by atoms with van der Waals surface area (Å²) in [7, 11) is 1.86. The minimum absolute atomic E-state index is 0.0812. The maximum Gasteiger partial charge on any atom is 0.289 e. The van der Waals surface area contributed by atoms with E-state index in [2.05, 4.69) is 0 Å². The van der Waals surface area contributed by atoms with Crippen LogP contribution in [0.3, 0.4) is 0 Å². The molecule has 96 valence electrons. The van der Waals surface area contributed by atoms with Gasteiger partial charge in [0.05, 0.1) is 4.92 Å². The van der Waals surface area contributed by atoms with E-state index in [0.717, 1.165) is 11.3 Å². The average molecular weight is 273 g/mol. The Bertz CT molecular complexity index is 632. The standard InChI is InChI=1S/C13H11N3O2S/c1-15(8-10-4-5-19-9-10)12-3-2-11(7-14)13(6-12)16(17)18/h2-6,9H,8H2,1H3. The number of nitro groups is 1. The number of rotatable bonds is 4. The number of hydrogen-bond donors (Lipinski definition) is 0. The van der Waals surface area contributed by atoms with Crippen molar-refractivity contribution in [3.8, 4) is 6.07 Å². The highest BCUT2D eigenvalue weighted by molar-refractivity contribution is 7.07. The Morgan fingerprint density at radius 2 is 2.26 bits per heavy atom. The fourth-order valence-corrected chi connectivity index (χ4v) is 2.41. The van der Waals surface area contributed by atoms with Crippen LogP contribution in [0.25, 0.3) is 0 Å². The Labute approximate surface area is 114 Å². The molecule has 0 aliphatic carbocycles.